The molecule has 1 unspecified atom stereocenters. The summed E-state index contributed by atoms with van der Waals surface area (Å²) in [5.41, 5.74) is 2.53. The number of imidazole rings is 1. The van der Waals surface area contributed by atoms with Gasteiger partial charge in [-0.05, 0) is 25.5 Å². The molecule has 1 aromatic heterocycles. The molecule has 0 bridgehead atoms. The number of rotatable bonds is 5. The van der Waals surface area contributed by atoms with Gasteiger partial charge in [-0.3, -0.25) is 4.79 Å². The van der Waals surface area contributed by atoms with Crippen molar-refractivity contribution in [2.45, 2.75) is 25.0 Å². The van der Waals surface area contributed by atoms with Gasteiger partial charge in [-0.15, -0.1) is 0 Å². The Hall–Kier alpha value is -2.02. The number of carbonyl (C=O) groups excluding carboxylic acids is 1. The molecule has 1 N–H and O–H groups in total. The number of aliphatic carboxylic acids is 1. The Labute approximate surface area is 126 Å². The van der Waals surface area contributed by atoms with E-state index in [1.807, 2.05) is 25.1 Å². The number of benzene rings is 1. The minimum atomic E-state index is -0.930. The van der Waals surface area contributed by atoms with Crippen molar-refractivity contribution in [1.82, 2.24) is 9.55 Å². The Bertz CT molecular complexity index is 696. The largest absolute Gasteiger partial charge is 0.481 e. The van der Waals surface area contributed by atoms with Crippen LogP contribution in [-0.4, -0.2) is 39.5 Å². The van der Waals surface area contributed by atoms with Gasteiger partial charge in [0.2, 0.25) is 0 Å². The molecule has 0 fully saturated rings. The van der Waals surface area contributed by atoms with E-state index in [2.05, 4.69) is 4.98 Å². The lowest BCUT2D eigenvalue weighted by molar-refractivity contribution is -0.144. The van der Waals surface area contributed by atoms with Gasteiger partial charge in [0.05, 0.1) is 23.9 Å². The smallest absolute Gasteiger partial charge is 0.328 e. The van der Waals surface area contributed by atoms with E-state index < -0.39 is 18.0 Å². The van der Waals surface area contributed by atoms with Crippen LogP contribution in [0.3, 0.4) is 0 Å². The molecule has 0 radical (unpaired) electrons. The second-order valence-corrected chi connectivity index (χ2v) is 5.53. The predicted molar refractivity (Wildman–Crippen MR) is 79.6 cm³/mol. The average Bonchev–Trinajstić information content (AvgIpc) is 2.83. The van der Waals surface area contributed by atoms with Gasteiger partial charge in [0.15, 0.2) is 5.16 Å². The van der Waals surface area contributed by atoms with Crippen LogP contribution >= 0.6 is 11.8 Å². The van der Waals surface area contributed by atoms with Crippen molar-refractivity contribution in [3.8, 4) is 0 Å². The molecule has 0 spiro atoms. The lowest BCUT2D eigenvalue weighted by Crippen LogP contribution is -2.18. The third-order valence-corrected chi connectivity index (χ3v) is 4.08. The predicted octanol–water partition coefficient (Wildman–Crippen LogP) is 2.26. The highest BCUT2D eigenvalue weighted by atomic mass is 32.2. The molecule has 112 valence electrons. The summed E-state index contributed by atoms with van der Waals surface area (Å²) in [5, 5.41) is 9.34. The number of hydrogen-bond acceptors (Lipinski definition) is 5. The van der Waals surface area contributed by atoms with E-state index in [-0.39, 0.29) is 5.75 Å². The molecule has 0 amide bonds. The molecule has 0 aliphatic heterocycles. The van der Waals surface area contributed by atoms with Crippen molar-refractivity contribution in [2.75, 3.05) is 12.9 Å². The highest BCUT2D eigenvalue weighted by Gasteiger charge is 2.23. The lowest BCUT2D eigenvalue weighted by atomic mass is 10.2. The van der Waals surface area contributed by atoms with Crippen LogP contribution in [0.2, 0.25) is 0 Å². The van der Waals surface area contributed by atoms with E-state index >= 15 is 0 Å². The minimum Gasteiger partial charge on any atom is -0.481 e. The van der Waals surface area contributed by atoms with Crippen LogP contribution in [0.15, 0.2) is 23.4 Å². The van der Waals surface area contributed by atoms with Crippen LogP contribution < -0.4 is 0 Å². The second-order valence-electron chi connectivity index (χ2n) is 4.59. The van der Waals surface area contributed by atoms with Gasteiger partial charge in [-0.25, -0.2) is 9.78 Å². The van der Waals surface area contributed by atoms with Gasteiger partial charge in [0.25, 0.3) is 0 Å². The third kappa shape index (κ3) is 3.02. The zero-order valence-electron chi connectivity index (χ0n) is 12.0. The molecule has 0 saturated carbocycles. The fraction of sp³-hybridized carbons (Fsp3) is 0.357. The lowest BCUT2D eigenvalue weighted by Gasteiger charge is -2.14. The van der Waals surface area contributed by atoms with Gasteiger partial charge < -0.3 is 14.4 Å². The molecule has 6 nitrogen and oxygen atoms in total. The summed E-state index contributed by atoms with van der Waals surface area (Å²) >= 11 is 1.09. The fourth-order valence-electron chi connectivity index (χ4n) is 2.11. The Morgan fingerprint density at radius 1 is 1.48 bits per heavy atom. The van der Waals surface area contributed by atoms with Crippen molar-refractivity contribution in [1.29, 1.82) is 0 Å². The Morgan fingerprint density at radius 3 is 2.81 bits per heavy atom. The number of thioether (sulfide) groups is 1. The van der Waals surface area contributed by atoms with Crippen LogP contribution in [0.1, 0.15) is 18.5 Å². The number of nitrogens with zero attached hydrogens (tertiary/aromatic N) is 2. The summed E-state index contributed by atoms with van der Waals surface area (Å²) in [6, 6.07) is 5.09. The van der Waals surface area contributed by atoms with Crippen LogP contribution in [0.5, 0.6) is 0 Å². The monoisotopic (exact) mass is 308 g/mol. The molecular weight excluding hydrogens is 292 g/mol. The van der Waals surface area contributed by atoms with Gasteiger partial charge >= 0.3 is 11.9 Å². The number of aromatic nitrogens is 2. The summed E-state index contributed by atoms with van der Waals surface area (Å²) in [6.07, 6.45) is 0. The molecule has 1 aromatic carbocycles. The van der Waals surface area contributed by atoms with Crippen LogP contribution in [0, 0.1) is 6.92 Å². The minimum absolute atomic E-state index is 0.115. The summed E-state index contributed by atoms with van der Waals surface area (Å²) in [6.45, 7) is 3.63. The first kappa shape index (κ1) is 15.4. The zero-order chi connectivity index (χ0) is 15.6. The molecule has 7 heteroatoms. The number of carbonyl (C=O) groups is 2. The van der Waals surface area contributed by atoms with Gasteiger partial charge in [0, 0.05) is 0 Å². The molecule has 2 aromatic rings. The Morgan fingerprint density at radius 2 is 2.19 bits per heavy atom. The first-order valence-corrected chi connectivity index (χ1v) is 7.34. The second kappa shape index (κ2) is 6.17. The first-order chi connectivity index (χ1) is 9.95. The number of hydrogen-bond donors (Lipinski definition) is 1. The number of methoxy groups -OCH3 is 1. The highest BCUT2D eigenvalue weighted by molar-refractivity contribution is 7.99. The van der Waals surface area contributed by atoms with E-state index in [0.717, 1.165) is 28.4 Å². The van der Waals surface area contributed by atoms with E-state index in [1.165, 1.54) is 7.11 Å². The molecule has 0 saturated heterocycles. The Balaban J connectivity index is 2.57. The average molecular weight is 308 g/mol. The van der Waals surface area contributed by atoms with Crippen molar-refractivity contribution in [3.63, 3.8) is 0 Å². The number of fused-ring (bicyclic) bond motifs is 1. The third-order valence-electron chi connectivity index (χ3n) is 3.14. The van der Waals surface area contributed by atoms with E-state index in [1.54, 1.807) is 11.5 Å². The Kier molecular flexibility index (Phi) is 4.52. The number of para-hydroxylation sites is 1. The first-order valence-electron chi connectivity index (χ1n) is 6.35. The molecular formula is C14H16N2O4S. The van der Waals surface area contributed by atoms with Crippen molar-refractivity contribution in [3.05, 3.63) is 23.8 Å². The number of carboxylic acid groups (broad SMARTS) is 1. The van der Waals surface area contributed by atoms with Gasteiger partial charge in [0.1, 0.15) is 6.04 Å². The van der Waals surface area contributed by atoms with Crippen molar-refractivity contribution >= 4 is 34.7 Å². The topological polar surface area (TPSA) is 81.4 Å². The zero-order valence-corrected chi connectivity index (χ0v) is 12.8. The molecule has 21 heavy (non-hydrogen) atoms. The maximum Gasteiger partial charge on any atom is 0.328 e. The maximum absolute atomic E-state index is 11.8. The number of esters is 1. The molecule has 2 rings (SSSR count). The maximum atomic E-state index is 11.8. The quantitative estimate of drug-likeness (QED) is 0.674. The van der Waals surface area contributed by atoms with E-state index in [0.29, 0.717) is 5.16 Å². The standard InChI is InChI=1S/C14H16N2O4S/c1-8-5-4-6-10-12(8)15-14(21-7-11(17)18)16(10)9(2)13(19)20-3/h4-6,9H,7H2,1-3H3,(H,17,18). The van der Waals surface area contributed by atoms with Crippen LogP contribution in [0.4, 0.5) is 0 Å². The molecule has 0 aliphatic carbocycles. The highest BCUT2D eigenvalue weighted by Crippen LogP contribution is 2.29. The summed E-state index contributed by atoms with van der Waals surface area (Å²) < 4.78 is 6.51. The van der Waals surface area contributed by atoms with Gasteiger partial charge in [-0.2, -0.15) is 0 Å². The van der Waals surface area contributed by atoms with E-state index in [4.69, 9.17) is 9.84 Å². The SMILES string of the molecule is COC(=O)C(C)n1c(SCC(=O)O)nc2c(C)cccc21. The van der Waals surface area contributed by atoms with Crippen molar-refractivity contribution in [2.24, 2.45) is 0 Å². The fourth-order valence-corrected chi connectivity index (χ4v) is 2.92. The van der Waals surface area contributed by atoms with Crippen LogP contribution in [0.25, 0.3) is 11.0 Å². The summed E-state index contributed by atoms with van der Waals surface area (Å²) in [5.74, 6) is -1.44. The van der Waals surface area contributed by atoms with Crippen LogP contribution in [-0.2, 0) is 14.3 Å². The molecule has 1 heterocycles. The number of carboxylic acids is 1. The summed E-state index contributed by atoms with van der Waals surface area (Å²) in [4.78, 5) is 27.1. The number of aryl methyl sites for hydroxylation is 1. The van der Waals surface area contributed by atoms with Crippen molar-refractivity contribution < 1.29 is 19.4 Å². The molecule has 1 atom stereocenters. The van der Waals surface area contributed by atoms with Gasteiger partial charge in [-0.1, -0.05) is 23.9 Å². The molecule has 0 aliphatic rings. The number of ether oxygens (including phenoxy) is 1. The normalized spacial score (nSPS) is 12.3. The van der Waals surface area contributed by atoms with E-state index in [9.17, 15) is 9.59 Å². The summed E-state index contributed by atoms with van der Waals surface area (Å²) in [7, 11) is 1.33.